The topological polar surface area (TPSA) is 52.3 Å². The van der Waals surface area contributed by atoms with Crippen LogP contribution in [0.2, 0.25) is 0 Å². The first-order valence-corrected chi connectivity index (χ1v) is 6.72. The van der Waals surface area contributed by atoms with E-state index < -0.39 is 0 Å². The van der Waals surface area contributed by atoms with Crippen molar-refractivity contribution in [1.82, 2.24) is 0 Å². The van der Waals surface area contributed by atoms with E-state index >= 15 is 0 Å². The summed E-state index contributed by atoms with van der Waals surface area (Å²) in [7, 11) is 0. The van der Waals surface area contributed by atoms with Crippen molar-refractivity contribution < 1.29 is 9.53 Å². The second kappa shape index (κ2) is 6.01. The van der Waals surface area contributed by atoms with Gasteiger partial charge in [0, 0.05) is 25.3 Å². The minimum atomic E-state index is 0.0303. The molecule has 98 valence electrons. The fourth-order valence-corrected chi connectivity index (χ4v) is 2.39. The number of Topliss-reactive ketones (excluding diaryl/α,β-unsaturated/α-hetero) is 1. The van der Waals surface area contributed by atoms with Gasteiger partial charge < -0.3 is 10.5 Å². The monoisotopic (exact) mass is 247 g/mol. The zero-order valence-corrected chi connectivity index (χ0v) is 10.9. The van der Waals surface area contributed by atoms with Crippen molar-refractivity contribution in [2.75, 3.05) is 13.2 Å². The number of carbonyl (C=O) groups is 1. The molecule has 0 spiro atoms. The molecule has 0 fully saturated rings. The Balaban J connectivity index is 1.92. The van der Waals surface area contributed by atoms with E-state index in [1.165, 1.54) is 11.1 Å². The molecule has 1 aromatic carbocycles. The van der Waals surface area contributed by atoms with E-state index in [1.807, 2.05) is 13.0 Å². The van der Waals surface area contributed by atoms with E-state index in [-0.39, 0.29) is 11.7 Å². The molecule has 0 bridgehead atoms. The van der Waals surface area contributed by atoms with Crippen molar-refractivity contribution >= 4 is 5.78 Å². The first kappa shape index (κ1) is 13.1. The fraction of sp³-hybridized carbons (Fsp3) is 0.533. The van der Waals surface area contributed by atoms with E-state index in [4.69, 9.17) is 10.5 Å². The van der Waals surface area contributed by atoms with Gasteiger partial charge in [0.05, 0.1) is 6.61 Å². The average molecular weight is 247 g/mol. The summed E-state index contributed by atoms with van der Waals surface area (Å²) in [5.41, 5.74) is 8.08. The molecule has 1 unspecified atom stereocenters. The summed E-state index contributed by atoms with van der Waals surface area (Å²) in [5, 5.41) is 0. The van der Waals surface area contributed by atoms with E-state index in [0.29, 0.717) is 13.0 Å². The van der Waals surface area contributed by atoms with Crippen LogP contribution in [-0.2, 0) is 17.6 Å². The fourth-order valence-electron chi connectivity index (χ4n) is 2.39. The summed E-state index contributed by atoms with van der Waals surface area (Å²) >= 11 is 0. The largest absolute Gasteiger partial charge is 0.493 e. The lowest BCUT2D eigenvalue weighted by Crippen LogP contribution is -2.23. The molecule has 1 heterocycles. The average Bonchev–Trinajstić information content (AvgIpc) is 2.85. The highest BCUT2D eigenvalue weighted by Crippen LogP contribution is 2.26. The van der Waals surface area contributed by atoms with Gasteiger partial charge in [-0.05, 0) is 30.0 Å². The molecule has 2 N–H and O–H groups in total. The van der Waals surface area contributed by atoms with Crippen LogP contribution in [0.4, 0.5) is 0 Å². The number of ether oxygens (including phenoxy) is 1. The van der Waals surface area contributed by atoms with Crippen LogP contribution in [0.15, 0.2) is 18.2 Å². The number of aryl methyl sites for hydroxylation is 1. The number of carbonyl (C=O) groups excluding carboxylic acids is 1. The van der Waals surface area contributed by atoms with Gasteiger partial charge >= 0.3 is 0 Å². The van der Waals surface area contributed by atoms with E-state index in [0.717, 1.165) is 31.6 Å². The quantitative estimate of drug-likeness (QED) is 0.837. The molecule has 3 nitrogen and oxygen atoms in total. The molecule has 0 saturated carbocycles. The van der Waals surface area contributed by atoms with Crippen molar-refractivity contribution in [2.24, 2.45) is 11.7 Å². The van der Waals surface area contributed by atoms with Crippen LogP contribution < -0.4 is 10.5 Å². The van der Waals surface area contributed by atoms with Crippen LogP contribution in [0.25, 0.3) is 0 Å². The lowest BCUT2D eigenvalue weighted by molar-refractivity contribution is -0.122. The third-order valence-corrected chi connectivity index (χ3v) is 3.65. The second-order valence-electron chi connectivity index (χ2n) is 4.85. The molecule has 0 radical (unpaired) electrons. The van der Waals surface area contributed by atoms with Gasteiger partial charge in [-0.2, -0.15) is 0 Å². The Morgan fingerprint density at radius 1 is 1.50 bits per heavy atom. The molecule has 1 aliphatic heterocycles. The highest BCUT2D eigenvalue weighted by atomic mass is 16.5. The van der Waals surface area contributed by atoms with Gasteiger partial charge in [-0.3, -0.25) is 4.79 Å². The summed E-state index contributed by atoms with van der Waals surface area (Å²) in [6.45, 7) is 3.26. The minimum absolute atomic E-state index is 0.0303. The maximum absolute atomic E-state index is 11.9. The van der Waals surface area contributed by atoms with Crippen molar-refractivity contribution in [2.45, 2.75) is 32.6 Å². The van der Waals surface area contributed by atoms with Crippen LogP contribution >= 0.6 is 0 Å². The number of hydrogen-bond acceptors (Lipinski definition) is 3. The van der Waals surface area contributed by atoms with Gasteiger partial charge in [0.1, 0.15) is 11.5 Å². The van der Waals surface area contributed by atoms with Crippen LogP contribution in [0.3, 0.4) is 0 Å². The highest BCUT2D eigenvalue weighted by molar-refractivity contribution is 5.81. The Hall–Kier alpha value is -1.35. The number of rotatable bonds is 6. The van der Waals surface area contributed by atoms with E-state index in [2.05, 4.69) is 12.1 Å². The van der Waals surface area contributed by atoms with Gasteiger partial charge in [-0.25, -0.2) is 0 Å². The minimum Gasteiger partial charge on any atom is -0.493 e. The lowest BCUT2D eigenvalue weighted by Gasteiger charge is -2.10. The van der Waals surface area contributed by atoms with Crippen molar-refractivity contribution in [3.63, 3.8) is 0 Å². The standard InChI is InChI=1S/C15H21NO2/c1-2-12(10-16)14(17)5-3-11-4-6-15-13(9-11)7-8-18-15/h4,6,9,12H,2-3,5,7-8,10,16H2,1H3. The third-order valence-electron chi connectivity index (χ3n) is 3.65. The summed E-state index contributed by atoms with van der Waals surface area (Å²) < 4.78 is 5.47. The maximum atomic E-state index is 11.9. The first-order chi connectivity index (χ1) is 8.74. The molecule has 0 amide bonds. The Labute approximate surface area is 108 Å². The van der Waals surface area contributed by atoms with E-state index in [9.17, 15) is 4.79 Å². The van der Waals surface area contributed by atoms with Gasteiger partial charge in [-0.15, -0.1) is 0 Å². The molecular formula is C15H21NO2. The summed E-state index contributed by atoms with van der Waals surface area (Å²) in [6, 6.07) is 6.24. The molecule has 1 aromatic rings. The Morgan fingerprint density at radius 3 is 3.06 bits per heavy atom. The summed E-state index contributed by atoms with van der Waals surface area (Å²) in [5.74, 6) is 1.32. The van der Waals surface area contributed by atoms with Gasteiger partial charge in [-0.1, -0.05) is 19.1 Å². The molecule has 0 aromatic heterocycles. The Morgan fingerprint density at radius 2 is 2.33 bits per heavy atom. The smallest absolute Gasteiger partial charge is 0.137 e. The highest BCUT2D eigenvalue weighted by Gasteiger charge is 2.15. The Bertz CT molecular complexity index is 425. The first-order valence-electron chi connectivity index (χ1n) is 6.72. The molecule has 1 aliphatic rings. The Kier molecular flexibility index (Phi) is 4.37. The predicted octanol–water partition coefficient (Wildman–Crippen LogP) is 2.11. The van der Waals surface area contributed by atoms with Gasteiger partial charge in [0.15, 0.2) is 0 Å². The van der Waals surface area contributed by atoms with Gasteiger partial charge in [0.2, 0.25) is 0 Å². The van der Waals surface area contributed by atoms with Crippen molar-refractivity contribution in [3.8, 4) is 5.75 Å². The SMILES string of the molecule is CCC(CN)C(=O)CCc1ccc2c(c1)CCO2. The van der Waals surface area contributed by atoms with Crippen LogP contribution in [0.1, 0.15) is 30.9 Å². The third kappa shape index (κ3) is 2.91. The summed E-state index contributed by atoms with van der Waals surface area (Å²) in [6.07, 6.45) is 3.23. The molecule has 1 atom stereocenters. The number of ketones is 1. The van der Waals surface area contributed by atoms with Crippen LogP contribution in [0.5, 0.6) is 5.75 Å². The number of benzene rings is 1. The summed E-state index contributed by atoms with van der Waals surface area (Å²) in [4.78, 5) is 11.9. The molecule has 3 heteroatoms. The zero-order chi connectivity index (χ0) is 13.0. The molecule has 0 saturated heterocycles. The number of nitrogens with two attached hydrogens (primary N) is 1. The normalized spacial score (nSPS) is 15.0. The van der Waals surface area contributed by atoms with Gasteiger partial charge in [0.25, 0.3) is 0 Å². The molecular weight excluding hydrogens is 226 g/mol. The van der Waals surface area contributed by atoms with Crippen LogP contribution in [0, 0.1) is 5.92 Å². The van der Waals surface area contributed by atoms with Crippen molar-refractivity contribution in [3.05, 3.63) is 29.3 Å². The van der Waals surface area contributed by atoms with Crippen LogP contribution in [-0.4, -0.2) is 18.9 Å². The molecule has 2 rings (SSSR count). The zero-order valence-electron chi connectivity index (χ0n) is 10.9. The molecule has 0 aliphatic carbocycles. The number of hydrogen-bond donors (Lipinski definition) is 1. The number of fused-ring (bicyclic) bond motifs is 1. The lowest BCUT2D eigenvalue weighted by atomic mass is 9.95. The maximum Gasteiger partial charge on any atom is 0.137 e. The predicted molar refractivity (Wildman–Crippen MR) is 71.8 cm³/mol. The van der Waals surface area contributed by atoms with Crippen molar-refractivity contribution in [1.29, 1.82) is 0 Å². The van der Waals surface area contributed by atoms with E-state index in [1.54, 1.807) is 0 Å². The second-order valence-corrected chi connectivity index (χ2v) is 4.85. The molecule has 18 heavy (non-hydrogen) atoms.